The predicted molar refractivity (Wildman–Crippen MR) is 67.3 cm³/mol. The zero-order chi connectivity index (χ0) is 11.9. The molecule has 1 aliphatic rings. The molecule has 0 radical (unpaired) electrons. The number of nitrogens with two attached hydrogens (primary N) is 1. The van der Waals surface area contributed by atoms with Gasteiger partial charge in [-0.3, -0.25) is 4.21 Å². The number of hydrogen-bond acceptors (Lipinski definition) is 2. The summed E-state index contributed by atoms with van der Waals surface area (Å²) in [5.74, 6) is 0. The van der Waals surface area contributed by atoms with Crippen LogP contribution in [0.3, 0.4) is 0 Å². The van der Waals surface area contributed by atoms with Gasteiger partial charge in [0.15, 0.2) is 0 Å². The molecular weight excluding hydrogens is 206 g/mol. The summed E-state index contributed by atoms with van der Waals surface area (Å²) in [6.07, 6.45) is 3.17. The van der Waals surface area contributed by atoms with Crippen LogP contribution in [0, 0.1) is 5.41 Å². The average Bonchev–Trinajstić information content (AvgIpc) is 2.06. The predicted octanol–water partition coefficient (Wildman–Crippen LogP) is 2.44. The van der Waals surface area contributed by atoms with Gasteiger partial charge in [0.1, 0.15) is 0 Å². The smallest absolute Gasteiger partial charge is 0.0509 e. The van der Waals surface area contributed by atoms with Crippen molar-refractivity contribution < 1.29 is 4.21 Å². The van der Waals surface area contributed by atoms with Crippen molar-refractivity contribution in [3.8, 4) is 0 Å². The summed E-state index contributed by atoms with van der Waals surface area (Å²) in [5.41, 5.74) is 6.41. The largest absolute Gasteiger partial charge is 0.327 e. The van der Waals surface area contributed by atoms with Crippen LogP contribution in [0.4, 0.5) is 0 Å². The van der Waals surface area contributed by atoms with Crippen molar-refractivity contribution >= 4 is 10.8 Å². The van der Waals surface area contributed by atoms with Gasteiger partial charge >= 0.3 is 0 Å². The second-order valence-electron chi connectivity index (χ2n) is 6.52. The highest BCUT2D eigenvalue weighted by molar-refractivity contribution is 7.87. The molecule has 0 spiro atoms. The summed E-state index contributed by atoms with van der Waals surface area (Å²) in [6.45, 7) is 10.6. The van der Waals surface area contributed by atoms with Crippen LogP contribution >= 0.6 is 0 Å². The third-order valence-electron chi connectivity index (χ3n) is 3.26. The Bertz CT molecular complexity index is 255. The van der Waals surface area contributed by atoms with E-state index < -0.39 is 10.8 Å². The first kappa shape index (κ1) is 13.2. The molecule has 0 heterocycles. The van der Waals surface area contributed by atoms with Gasteiger partial charge in [0.2, 0.25) is 0 Å². The quantitative estimate of drug-likeness (QED) is 0.753. The average molecular weight is 231 g/mol. The normalized spacial score (nSPS) is 33.7. The maximum atomic E-state index is 12.3. The van der Waals surface area contributed by atoms with E-state index in [4.69, 9.17) is 5.73 Å². The van der Waals surface area contributed by atoms with Crippen molar-refractivity contribution in [2.75, 3.05) is 0 Å². The Labute approximate surface area is 96.5 Å². The number of rotatable bonds is 1. The van der Waals surface area contributed by atoms with Crippen molar-refractivity contribution in [3.05, 3.63) is 0 Å². The highest BCUT2D eigenvalue weighted by atomic mass is 32.2. The minimum atomic E-state index is -0.825. The standard InChI is InChI=1S/C12H25NOS/c1-11(2,3)15(14)10-8-12(4,5)7-6-9(10)13/h9-10H,6-8,13H2,1-5H3. The first-order valence-corrected chi connectivity index (χ1v) is 7.01. The highest BCUT2D eigenvalue weighted by Gasteiger charge is 2.39. The minimum Gasteiger partial charge on any atom is -0.327 e. The van der Waals surface area contributed by atoms with E-state index in [1.165, 1.54) is 0 Å². The summed E-state index contributed by atoms with van der Waals surface area (Å²) < 4.78 is 12.2. The third kappa shape index (κ3) is 3.28. The van der Waals surface area contributed by atoms with Crippen molar-refractivity contribution in [1.29, 1.82) is 0 Å². The first-order valence-electron chi connectivity index (χ1n) is 5.80. The minimum absolute atomic E-state index is 0.123. The molecule has 3 heteroatoms. The molecule has 3 atom stereocenters. The zero-order valence-corrected chi connectivity index (χ0v) is 11.5. The van der Waals surface area contributed by atoms with Crippen molar-refractivity contribution in [3.63, 3.8) is 0 Å². The lowest BCUT2D eigenvalue weighted by Crippen LogP contribution is -2.49. The molecule has 0 aromatic rings. The second-order valence-corrected chi connectivity index (χ2v) is 8.94. The molecule has 0 aromatic heterocycles. The van der Waals surface area contributed by atoms with Crippen LogP contribution < -0.4 is 5.73 Å². The van der Waals surface area contributed by atoms with Crippen LogP contribution in [-0.2, 0) is 10.8 Å². The molecule has 0 saturated heterocycles. The Kier molecular flexibility index (Phi) is 3.66. The van der Waals surface area contributed by atoms with Crippen LogP contribution in [0.1, 0.15) is 53.9 Å². The molecule has 15 heavy (non-hydrogen) atoms. The number of hydrogen-bond donors (Lipinski definition) is 1. The zero-order valence-electron chi connectivity index (χ0n) is 10.7. The first-order chi connectivity index (χ1) is 6.63. The van der Waals surface area contributed by atoms with E-state index in [1.807, 2.05) is 20.8 Å². The summed E-state index contributed by atoms with van der Waals surface area (Å²) >= 11 is 0. The Hall–Kier alpha value is 0.110. The summed E-state index contributed by atoms with van der Waals surface area (Å²) in [4.78, 5) is 0. The topological polar surface area (TPSA) is 43.1 Å². The Morgan fingerprint density at radius 1 is 1.33 bits per heavy atom. The molecule has 0 bridgehead atoms. The van der Waals surface area contributed by atoms with Crippen molar-refractivity contribution in [1.82, 2.24) is 0 Å². The molecule has 2 N–H and O–H groups in total. The Morgan fingerprint density at radius 2 is 1.87 bits per heavy atom. The van der Waals surface area contributed by atoms with Crippen LogP contribution in [-0.4, -0.2) is 20.2 Å². The fraction of sp³-hybridized carbons (Fsp3) is 1.00. The van der Waals surface area contributed by atoms with Crippen LogP contribution in [0.5, 0.6) is 0 Å². The third-order valence-corrected chi connectivity index (χ3v) is 5.54. The van der Waals surface area contributed by atoms with Crippen molar-refractivity contribution in [2.45, 2.75) is 69.9 Å². The van der Waals surface area contributed by atoms with Gasteiger partial charge < -0.3 is 5.73 Å². The van der Waals surface area contributed by atoms with Crippen LogP contribution in [0.2, 0.25) is 0 Å². The molecule has 0 amide bonds. The van der Waals surface area contributed by atoms with E-state index >= 15 is 0 Å². The molecule has 3 unspecified atom stereocenters. The van der Waals surface area contributed by atoms with Gasteiger partial charge in [-0.2, -0.15) is 0 Å². The summed E-state index contributed by atoms with van der Waals surface area (Å²) in [6, 6.07) is 0.123. The van der Waals surface area contributed by atoms with E-state index in [2.05, 4.69) is 13.8 Å². The Balaban J connectivity index is 2.79. The molecular formula is C12H25NOS. The highest BCUT2D eigenvalue weighted by Crippen LogP contribution is 2.38. The van der Waals surface area contributed by atoms with Gasteiger partial charge in [-0.25, -0.2) is 0 Å². The van der Waals surface area contributed by atoms with E-state index in [0.29, 0.717) is 5.41 Å². The van der Waals surface area contributed by atoms with Gasteiger partial charge in [-0.1, -0.05) is 13.8 Å². The second kappa shape index (κ2) is 4.17. The summed E-state index contributed by atoms with van der Waals surface area (Å²) in [5, 5.41) is 0.175. The lowest BCUT2D eigenvalue weighted by molar-refractivity contribution is 0.229. The monoisotopic (exact) mass is 231 g/mol. The van der Waals surface area contributed by atoms with Crippen LogP contribution in [0.25, 0.3) is 0 Å². The van der Waals surface area contributed by atoms with E-state index in [0.717, 1.165) is 19.3 Å². The summed E-state index contributed by atoms with van der Waals surface area (Å²) in [7, 11) is -0.825. The van der Waals surface area contributed by atoms with Crippen LogP contribution in [0.15, 0.2) is 0 Å². The lowest BCUT2D eigenvalue weighted by Gasteiger charge is -2.41. The molecule has 1 fully saturated rings. The molecule has 1 saturated carbocycles. The molecule has 2 nitrogen and oxygen atoms in total. The maximum Gasteiger partial charge on any atom is 0.0509 e. The molecule has 1 rings (SSSR count). The fourth-order valence-corrected chi connectivity index (χ4v) is 4.19. The van der Waals surface area contributed by atoms with Gasteiger partial charge in [0.05, 0.1) is 5.25 Å². The van der Waals surface area contributed by atoms with E-state index in [9.17, 15) is 4.21 Å². The lowest BCUT2D eigenvalue weighted by atomic mass is 9.75. The molecule has 0 aromatic carbocycles. The molecule has 0 aliphatic heterocycles. The van der Waals surface area contributed by atoms with E-state index in [1.54, 1.807) is 0 Å². The van der Waals surface area contributed by atoms with Gasteiger partial charge in [0.25, 0.3) is 0 Å². The van der Waals surface area contributed by atoms with Crippen molar-refractivity contribution in [2.24, 2.45) is 11.1 Å². The molecule has 90 valence electrons. The van der Waals surface area contributed by atoms with Gasteiger partial charge in [-0.05, 0) is 45.4 Å². The van der Waals surface area contributed by atoms with Gasteiger partial charge in [-0.15, -0.1) is 0 Å². The molecule has 1 aliphatic carbocycles. The van der Waals surface area contributed by atoms with Gasteiger partial charge in [0, 0.05) is 21.6 Å². The Morgan fingerprint density at radius 3 is 2.33 bits per heavy atom. The maximum absolute atomic E-state index is 12.3. The SMILES string of the molecule is CC1(C)CCC(N)C(S(=O)C(C)(C)C)C1. The van der Waals surface area contributed by atoms with E-state index in [-0.39, 0.29) is 16.0 Å². The fourth-order valence-electron chi connectivity index (χ4n) is 2.23.